The number of aryl methyl sites for hydroxylation is 1. The van der Waals surface area contributed by atoms with Gasteiger partial charge in [-0.25, -0.2) is 4.79 Å². The van der Waals surface area contributed by atoms with E-state index in [-0.39, 0.29) is 5.92 Å². The van der Waals surface area contributed by atoms with Crippen molar-refractivity contribution in [3.8, 4) is 0 Å². The summed E-state index contributed by atoms with van der Waals surface area (Å²) >= 11 is 0. The summed E-state index contributed by atoms with van der Waals surface area (Å²) in [5, 5.41) is 17.6. The molecule has 1 aromatic rings. The monoisotopic (exact) mass is 237 g/mol. The first-order chi connectivity index (χ1) is 8.27. The van der Waals surface area contributed by atoms with E-state index in [1.165, 1.54) is 0 Å². The highest BCUT2D eigenvalue weighted by Gasteiger charge is 2.33. The Morgan fingerprint density at radius 3 is 3.00 bits per heavy atom. The van der Waals surface area contributed by atoms with Crippen LogP contribution in [0.2, 0.25) is 0 Å². The second-order valence-electron chi connectivity index (χ2n) is 4.65. The molecule has 17 heavy (non-hydrogen) atoms. The molecule has 1 saturated heterocycles. The number of carbonyl (C=O) groups is 1. The molecule has 0 aromatic carbocycles. The van der Waals surface area contributed by atoms with Crippen molar-refractivity contribution in [3.05, 3.63) is 11.6 Å². The maximum absolute atomic E-state index is 11.3. The Morgan fingerprint density at radius 1 is 1.41 bits per heavy atom. The second-order valence-corrected chi connectivity index (χ2v) is 4.65. The Kier molecular flexibility index (Phi) is 2.58. The summed E-state index contributed by atoms with van der Waals surface area (Å²) in [6.45, 7) is 1.36. The van der Waals surface area contributed by atoms with E-state index in [4.69, 9.17) is 4.74 Å². The van der Waals surface area contributed by atoms with E-state index >= 15 is 0 Å². The maximum Gasteiger partial charge on any atom is 0.326 e. The summed E-state index contributed by atoms with van der Waals surface area (Å²) < 4.78 is 7.16. The van der Waals surface area contributed by atoms with Crippen molar-refractivity contribution < 1.29 is 14.6 Å². The van der Waals surface area contributed by atoms with Crippen LogP contribution in [0.4, 0.5) is 0 Å². The number of nitrogens with zero attached hydrogens (tertiary/aromatic N) is 3. The average molecular weight is 237 g/mol. The molecule has 0 bridgehead atoms. The summed E-state index contributed by atoms with van der Waals surface area (Å²) in [6, 6.07) is -0.496. The molecular weight excluding hydrogens is 222 g/mol. The van der Waals surface area contributed by atoms with E-state index in [9.17, 15) is 9.90 Å². The van der Waals surface area contributed by atoms with Crippen LogP contribution in [0.1, 0.15) is 42.9 Å². The third-order valence-electron chi connectivity index (χ3n) is 3.56. The van der Waals surface area contributed by atoms with Crippen molar-refractivity contribution in [1.29, 1.82) is 0 Å². The molecule has 1 fully saturated rings. The Hall–Kier alpha value is -1.43. The van der Waals surface area contributed by atoms with Crippen LogP contribution in [-0.2, 0) is 16.0 Å². The molecule has 2 unspecified atom stereocenters. The molecule has 0 saturated carbocycles. The van der Waals surface area contributed by atoms with Gasteiger partial charge in [0.05, 0.1) is 6.61 Å². The van der Waals surface area contributed by atoms with E-state index in [1.807, 2.05) is 4.57 Å². The minimum Gasteiger partial charge on any atom is -0.480 e. The molecule has 3 rings (SSSR count). The molecule has 2 aliphatic heterocycles. The highest BCUT2D eigenvalue weighted by atomic mass is 16.5. The molecule has 92 valence electrons. The minimum atomic E-state index is -0.786. The van der Waals surface area contributed by atoms with Crippen LogP contribution < -0.4 is 0 Å². The van der Waals surface area contributed by atoms with Gasteiger partial charge >= 0.3 is 5.97 Å². The van der Waals surface area contributed by atoms with Gasteiger partial charge in [-0.1, -0.05) is 0 Å². The maximum atomic E-state index is 11.3. The lowest BCUT2D eigenvalue weighted by atomic mass is 10.0. The molecule has 0 aliphatic carbocycles. The zero-order valence-electron chi connectivity index (χ0n) is 9.50. The molecule has 3 heterocycles. The molecular formula is C11H15N3O3. The Balaban J connectivity index is 2.00. The highest BCUT2D eigenvalue weighted by Crippen LogP contribution is 2.31. The molecule has 0 spiro atoms. The topological polar surface area (TPSA) is 77.2 Å². The van der Waals surface area contributed by atoms with Crippen molar-refractivity contribution in [2.24, 2.45) is 0 Å². The van der Waals surface area contributed by atoms with Gasteiger partial charge in [0.1, 0.15) is 17.7 Å². The largest absolute Gasteiger partial charge is 0.480 e. The van der Waals surface area contributed by atoms with Crippen molar-refractivity contribution in [2.45, 2.75) is 37.6 Å². The lowest BCUT2D eigenvalue weighted by Gasteiger charge is -2.23. The summed E-state index contributed by atoms with van der Waals surface area (Å²) in [6.07, 6.45) is 3.27. The predicted molar refractivity (Wildman–Crippen MR) is 57.8 cm³/mol. The predicted octanol–water partition coefficient (Wildman–Crippen LogP) is 0.744. The Labute approximate surface area is 98.6 Å². The number of hydrogen-bond acceptors (Lipinski definition) is 4. The number of carboxylic acids is 1. The average Bonchev–Trinajstić information content (AvgIpc) is 2.96. The standard InChI is InChI=1S/C11H15N3O3/c15-11(16)8-2-1-3-9-12-13-10(14(8)9)7-4-5-17-6-7/h7-8H,1-6H2,(H,15,16). The van der Waals surface area contributed by atoms with Crippen molar-refractivity contribution in [2.75, 3.05) is 13.2 Å². The number of rotatable bonds is 2. The lowest BCUT2D eigenvalue weighted by Crippen LogP contribution is -2.27. The van der Waals surface area contributed by atoms with Gasteiger partial charge in [0, 0.05) is 18.9 Å². The van der Waals surface area contributed by atoms with Crippen LogP contribution in [0.25, 0.3) is 0 Å². The number of hydrogen-bond donors (Lipinski definition) is 1. The summed E-state index contributed by atoms with van der Waals surface area (Å²) in [5.41, 5.74) is 0. The number of fused-ring (bicyclic) bond motifs is 1. The third-order valence-corrected chi connectivity index (χ3v) is 3.56. The van der Waals surface area contributed by atoms with Crippen LogP contribution in [0.3, 0.4) is 0 Å². The smallest absolute Gasteiger partial charge is 0.326 e. The third kappa shape index (κ3) is 1.72. The van der Waals surface area contributed by atoms with Gasteiger partial charge < -0.3 is 14.4 Å². The first kappa shape index (κ1) is 10.7. The Morgan fingerprint density at radius 2 is 2.29 bits per heavy atom. The van der Waals surface area contributed by atoms with E-state index in [0.29, 0.717) is 13.0 Å². The van der Waals surface area contributed by atoms with Crippen LogP contribution >= 0.6 is 0 Å². The number of carboxylic acid groups (broad SMARTS) is 1. The van der Waals surface area contributed by atoms with Crippen molar-refractivity contribution >= 4 is 5.97 Å². The summed E-state index contributed by atoms with van der Waals surface area (Å²) in [7, 11) is 0. The van der Waals surface area contributed by atoms with E-state index in [2.05, 4.69) is 10.2 Å². The van der Waals surface area contributed by atoms with E-state index in [0.717, 1.165) is 37.5 Å². The Bertz CT molecular complexity index is 437. The number of ether oxygens (including phenoxy) is 1. The second kappa shape index (κ2) is 4.10. The van der Waals surface area contributed by atoms with E-state index in [1.54, 1.807) is 0 Å². The van der Waals surface area contributed by atoms with Crippen LogP contribution in [0.15, 0.2) is 0 Å². The first-order valence-electron chi connectivity index (χ1n) is 6.01. The van der Waals surface area contributed by atoms with Crippen LogP contribution in [0.5, 0.6) is 0 Å². The highest BCUT2D eigenvalue weighted by molar-refractivity contribution is 5.72. The van der Waals surface area contributed by atoms with Gasteiger partial charge in [-0.15, -0.1) is 10.2 Å². The van der Waals surface area contributed by atoms with Crippen molar-refractivity contribution in [3.63, 3.8) is 0 Å². The van der Waals surface area contributed by atoms with Gasteiger partial charge in [-0.3, -0.25) is 0 Å². The normalized spacial score (nSPS) is 28.0. The lowest BCUT2D eigenvalue weighted by molar-refractivity contribution is -0.141. The van der Waals surface area contributed by atoms with E-state index < -0.39 is 12.0 Å². The molecule has 6 nitrogen and oxygen atoms in total. The fourth-order valence-electron chi connectivity index (χ4n) is 2.68. The SMILES string of the molecule is O=C(O)C1CCCc2nnc(C3CCOC3)n21. The molecule has 1 N–H and O–H groups in total. The van der Waals surface area contributed by atoms with Crippen LogP contribution in [-0.4, -0.2) is 39.1 Å². The van der Waals surface area contributed by atoms with Gasteiger partial charge in [0.2, 0.25) is 0 Å². The minimum absolute atomic E-state index is 0.205. The van der Waals surface area contributed by atoms with Gasteiger partial charge in [-0.05, 0) is 19.3 Å². The molecule has 2 atom stereocenters. The molecule has 2 aliphatic rings. The molecule has 6 heteroatoms. The number of aliphatic carboxylic acids is 1. The van der Waals surface area contributed by atoms with Gasteiger partial charge in [0.25, 0.3) is 0 Å². The summed E-state index contributed by atoms with van der Waals surface area (Å²) in [5.74, 6) is 1.03. The zero-order valence-corrected chi connectivity index (χ0v) is 9.50. The fourth-order valence-corrected chi connectivity index (χ4v) is 2.68. The van der Waals surface area contributed by atoms with Gasteiger partial charge in [0.15, 0.2) is 0 Å². The molecule has 1 aromatic heterocycles. The molecule has 0 radical (unpaired) electrons. The quantitative estimate of drug-likeness (QED) is 0.821. The fraction of sp³-hybridized carbons (Fsp3) is 0.727. The summed E-state index contributed by atoms with van der Waals surface area (Å²) in [4.78, 5) is 11.3. The van der Waals surface area contributed by atoms with Crippen molar-refractivity contribution in [1.82, 2.24) is 14.8 Å². The zero-order chi connectivity index (χ0) is 11.8. The van der Waals surface area contributed by atoms with Gasteiger partial charge in [-0.2, -0.15) is 0 Å². The molecule has 0 amide bonds. The number of aromatic nitrogens is 3. The van der Waals surface area contributed by atoms with Crippen LogP contribution in [0, 0.1) is 0 Å². The first-order valence-corrected chi connectivity index (χ1v) is 6.01.